The third-order valence-electron chi connectivity index (χ3n) is 3.84. The Balaban J connectivity index is 1.90. The monoisotopic (exact) mass is 264 g/mol. The van der Waals surface area contributed by atoms with Crippen molar-refractivity contribution >= 4 is 17.4 Å². The average molecular weight is 265 g/mol. The van der Waals surface area contributed by atoms with Gasteiger partial charge in [-0.3, -0.25) is 4.79 Å². The van der Waals surface area contributed by atoms with E-state index in [1.54, 1.807) is 0 Å². The summed E-state index contributed by atoms with van der Waals surface area (Å²) < 4.78 is 0. The number of ketones is 1. The standard InChI is InChI=1S/C16H21ClO/c17-16(14-10-6-3-7-11-14)15(18)12-13-8-4-1-2-5-9-13/h3,6-7,10-11,13,16H,1-2,4-5,8-9,12H2. The summed E-state index contributed by atoms with van der Waals surface area (Å²) in [6.45, 7) is 0. The summed E-state index contributed by atoms with van der Waals surface area (Å²) in [4.78, 5) is 12.2. The number of hydrogen-bond donors (Lipinski definition) is 0. The number of alkyl halides is 1. The van der Waals surface area contributed by atoms with Gasteiger partial charge in [0.2, 0.25) is 0 Å². The largest absolute Gasteiger partial charge is 0.298 e. The van der Waals surface area contributed by atoms with Crippen LogP contribution in [0.25, 0.3) is 0 Å². The van der Waals surface area contributed by atoms with Crippen LogP contribution < -0.4 is 0 Å². The second-order valence-electron chi connectivity index (χ2n) is 5.30. The van der Waals surface area contributed by atoms with Gasteiger partial charge in [0.1, 0.15) is 5.38 Å². The highest BCUT2D eigenvalue weighted by Gasteiger charge is 2.22. The van der Waals surface area contributed by atoms with Crippen LogP contribution in [0.2, 0.25) is 0 Å². The zero-order valence-electron chi connectivity index (χ0n) is 10.8. The predicted molar refractivity (Wildman–Crippen MR) is 75.9 cm³/mol. The molecule has 0 bridgehead atoms. The van der Waals surface area contributed by atoms with E-state index in [0.717, 1.165) is 5.56 Å². The first-order valence-corrected chi connectivity index (χ1v) is 7.43. The summed E-state index contributed by atoms with van der Waals surface area (Å²) in [5.74, 6) is 0.750. The van der Waals surface area contributed by atoms with Gasteiger partial charge in [0.15, 0.2) is 5.78 Å². The lowest BCUT2D eigenvalue weighted by Gasteiger charge is -2.15. The van der Waals surface area contributed by atoms with Gasteiger partial charge in [0.25, 0.3) is 0 Å². The van der Waals surface area contributed by atoms with Gasteiger partial charge in [-0.1, -0.05) is 68.9 Å². The Bertz CT molecular complexity index is 366. The summed E-state index contributed by atoms with van der Waals surface area (Å²) in [6.07, 6.45) is 8.26. The zero-order chi connectivity index (χ0) is 12.8. The van der Waals surface area contributed by atoms with E-state index in [1.165, 1.54) is 38.5 Å². The first-order valence-electron chi connectivity index (χ1n) is 6.99. The quantitative estimate of drug-likeness (QED) is 0.559. The highest BCUT2D eigenvalue weighted by Crippen LogP contribution is 2.30. The molecule has 1 fully saturated rings. The van der Waals surface area contributed by atoms with Crippen molar-refractivity contribution in [3.63, 3.8) is 0 Å². The number of rotatable bonds is 4. The maximum atomic E-state index is 12.2. The van der Waals surface area contributed by atoms with Crippen LogP contribution in [0.3, 0.4) is 0 Å². The molecule has 0 heterocycles. The number of benzene rings is 1. The van der Waals surface area contributed by atoms with E-state index >= 15 is 0 Å². The molecule has 1 atom stereocenters. The average Bonchev–Trinajstić information content (AvgIpc) is 2.67. The minimum absolute atomic E-state index is 0.190. The molecule has 0 N–H and O–H groups in total. The molecule has 2 rings (SSSR count). The molecule has 1 aromatic rings. The van der Waals surface area contributed by atoms with Crippen molar-refractivity contribution in [2.24, 2.45) is 5.92 Å². The van der Waals surface area contributed by atoms with Crippen LogP contribution in [0.1, 0.15) is 55.9 Å². The van der Waals surface area contributed by atoms with Gasteiger partial charge in [0, 0.05) is 6.42 Å². The molecule has 0 radical (unpaired) electrons. The first-order chi connectivity index (χ1) is 8.77. The number of Topliss-reactive ketones (excluding diaryl/α,β-unsaturated/α-hetero) is 1. The van der Waals surface area contributed by atoms with Crippen molar-refractivity contribution in [2.45, 2.75) is 50.3 Å². The SMILES string of the molecule is O=C(CC1CCCCCC1)C(Cl)c1ccccc1. The fourth-order valence-corrected chi connectivity index (χ4v) is 3.00. The number of carbonyl (C=O) groups excluding carboxylic acids is 1. The highest BCUT2D eigenvalue weighted by atomic mass is 35.5. The summed E-state index contributed by atoms with van der Waals surface area (Å²) in [5.41, 5.74) is 0.929. The second kappa shape index (κ2) is 6.94. The van der Waals surface area contributed by atoms with Gasteiger partial charge in [-0.15, -0.1) is 11.6 Å². The Morgan fingerprint density at radius 3 is 2.33 bits per heavy atom. The Labute approximate surface area is 115 Å². The Kier molecular flexibility index (Phi) is 5.25. The highest BCUT2D eigenvalue weighted by molar-refractivity contribution is 6.31. The van der Waals surface area contributed by atoms with Gasteiger partial charge in [0.05, 0.1) is 0 Å². The summed E-state index contributed by atoms with van der Waals surface area (Å²) in [7, 11) is 0. The lowest BCUT2D eigenvalue weighted by Crippen LogP contribution is -2.12. The molecule has 0 aromatic heterocycles. The molecule has 0 spiro atoms. The molecule has 1 saturated carbocycles. The van der Waals surface area contributed by atoms with Gasteiger partial charge in [-0.25, -0.2) is 0 Å². The van der Waals surface area contributed by atoms with Gasteiger partial charge in [-0.2, -0.15) is 0 Å². The van der Waals surface area contributed by atoms with Crippen LogP contribution in [0.5, 0.6) is 0 Å². The van der Waals surface area contributed by atoms with E-state index in [0.29, 0.717) is 12.3 Å². The van der Waals surface area contributed by atoms with Gasteiger partial charge in [-0.05, 0) is 11.5 Å². The Hall–Kier alpha value is -0.820. The fraction of sp³-hybridized carbons (Fsp3) is 0.562. The van der Waals surface area contributed by atoms with E-state index in [9.17, 15) is 4.79 Å². The van der Waals surface area contributed by atoms with Crippen LogP contribution in [0, 0.1) is 5.92 Å². The smallest absolute Gasteiger partial charge is 0.155 e. The maximum absolute atomic E-state index is 12.2. The third kappa shape index (κ3) is 3.84. The Morgan fingerprint density at radius 2 is 1.72 bits per heavy atom. The molecule has 1 aliphatic rings. The molecular formula is C16H21ClO. The number of halogens is 1. The molecule has 1 unspecified atom stereocenters. The predicted octanol–water partition coefficient (Wildman–Crippen LogP) is 4.90. The van der Waals surface area contributed by atoms with Crippen LogP contribution in [0.4, 0.5) is 0 Å². The molecule has 1 aliphatic carbocycles. The third-order valence-corrected chi connectivity index (χ3v) is 4.33. The van der Waals surface area contributed by atoms with Crippen LogP contribution >= 0.6 is 11.6 Å². The zero-order valence-corrected chi connectivity index (χ0v) is 11.5. The van der Waals surface area contributed by atoms with Crippen molar-refractivity contribution in [2.75, 3.05) is 0 Å². The molecule has 1 nitrogen and oxygen atoms in total. The molecule has 0 aliphatic heterocycles. The molecule has 1 aromatic carbocycles. The van der Waals surface area contributed by atoms with Crippen molar-refractivity contribution in [3.8, 4) is 0 Å². The van der Waals surface area contributed by atoms with Crippen molar-refractivity contribution in [3.05, 3.63) is 35.9 Å². The minimum atomic E-state index is -0.463. The summed E-state index contributed by atoms with van der Waals surface area (Å²) in [6, 6.07) is 9.68. The molecule has 2 heteroatoms. The summed E-state index contributed by atoms with van der Waals surface area (Å²) in [5, 5.41) is -0.463. The van der Waals surface area contributed by atoms with Crippen molar-refractivity contribution in [1.29, 1.82) is 0 Å². The lowest BCUT2D eigenvalue weighted by atomic mass is 9.92. The number of hydrogen-bond acceptors (Lipinski definition) is 1. The van der Waals surface area contributed by atoms with Gasteiger partial charge >= 0.3 is 0 Å². The van der Waals surface area contributed by atoms with Gasteiger partial charge < -0.3 is 0 Å². The van der Waals surface area contributed by atoms with E-state index < -0.39 is 5.38 Å². The molecule has 98 valence electrons. The second-order valence-corrected chi connectivity index (χ2v) is 5.74. The minimum Gasteiger partial charge on any atom is -0.298 e. The Morgan fingerprint density at radius 1 is 1.11 bits per heavy atom. The van der Waals surface area contributed by atoms with E-state index in [1.807, 2.05) is 30.3 Å². The number of carbonyl (C=O) groups is 1. The normalized spacial score (nSPS) is 19.2. The molecular weight excluding hydrogens is 244 g/mol. The topological polar surface area (TPSA) is 17.1 Å². The van der Waals surface area contributed by atoms with E-state index in [4.69, 9.17) is 11.6 Å². The molecule has 0 saturated heterocycles. The van der Waals surface area contributed by atoms with Crippen LogP contribution in [-0.2, 0) is 4.79 Å². The lowest BCUT2D eigenvalue weighted by molar-refractivity contribution is -0.119. The molecule has 18 heavy (non-hydrogen) atoms. The fourth-order valence-electron chi connectivity index (χ4n) is 2.76. The summed E-state index contributed by atoms with van der Waals surface area (Å²) >= 11 is 6.27. The molecule has 0 amide bonds. The van der Waals surface area contributed by atoms with E-state index in [-0.39, 0.29) is 5.78 Å². The van der Waals surface area contributed by atoms with Crippen molar-refractivity contribution in [1.82, 2.24) is 0 Å². The first kappa shape index (κ1) is 13.6. The maximum Gasteiger partial charge on any atom is 0.155 e. The van der Waals surface area contributed by atoms with Crippen LogP contribution in [0.15, 0.2) is 30.3 Å². The van der Waals surface area contributed by atoms with E-state index in [2.05, 4.69) is 0 Å². The van der Waals surface area contributed by atoms with Crippen LogP contribution in [-0.4, -0.2) is 5.78 Å². The van der Waals surface area contributed by atoms with Crippen molar-refractivity contribution < 1.29 is 4.79 Å².